The van der Waals surface area contributed by atoms with Crippen LogP contribution < -0.4 is 0 Å². The van der Waals surface area contributed by atoms with Crippen LogP contribution in [-0.2, 0) is 38.0 Å². The van der Waals surface area contributed by atoms with Gasteiger partial charge < -0.3 is 59.1 Å². The minimum absolute atomic E-state index is 0.0122. The molecule has 4 heterocycles. The average molecular weight is 629 g/mol. The van der Waals surface area contributed by atoms with Crippen LogP contribution in [0.4, 0.5) is 0 Å². The summed E-state index contributed by atoms with van der Waals surface area (Å²) < 4.78 is 28.8. The van der Waals surface area contributed by atoms with Crippen LogP contribution >= 0.6 is 47.0 Å². The van der Waals surface area contributed by atoms with Crippen molar-refractivity contribution in [3.8, 4) is 0 Å². The molecule has 18 heteroatoms. The van der Waals surface area contributed by atoms with E-state index in [4.69, 9.17) is 49.6 Å². The minimum atomic E-state index is -0.863. The van der Waals surface area contributed by atoms with Crippen molar-refractivity contribution >= 4 is 59.0 Å². The maximum atomic E-state index is 10.6. The molecule has 4 aliphatic heterocycles. The number of hydrogen-bond donors (Lipinski definition) is 6. The molecule has 38 heavy (non-hydrogen) atoms. The van der Waals surface area contributed by atoms with Gasteiger partial charge in [0.2, 0.25) is 6.29 Å². The molecule has 0 aromatic rings. The van der Waals surface area contributed by atoms with Crippen LogP contribution in [0.2, 0.25) is 0 Å². The van der Waals surface area contributed by atoms with Gasteiger partial charge in [0.1, 0.15) is 41.6 Å². The Morgan fingerprint density at radius 2 is 1.29 bits per heavy atom. The molecule has 0 aliphatic carbocycles. The maximum absolute atomic E-state index is 10.6. The smallest absolute Gasteiger partial charge is 0.304 e. The highest BCUT2D eigenvalue weighted by atomic mass is 32.2. The molecule has 4 fully saturated rings. The summed E-state index contributed by atoms with van der Waals surface area (Å²) in [6.45, 7) is 2.96. The number of aliphatic hydroxyl groups is 6. The van der Waals surface area contributed by atoms with E-state index < -0.39 is 25.2 Å². The van der Waals surface area contributed by atoms with Gasteiger partial charge in [-0.15, -0.1) is 47.0 Å². The van der Waals surface area contributed by atoms with Gasteiger partial charge in [0.25, 0.3) is 0 Å². The summed E-state index contributed by atoms with van der Waals surface area (Å²) in [5.41, 5.74) is -0.958. The molecule has 0 amide bonds. The number of aliphatic hydroxyl groups excluding tert-OH is 6. The molecule has 4 aliphatic rings. The van der Waals surface area contributed by atoms with Crippen LogP contribution in [0, 0.1) is 0 Å². The van der Waals surface area contributed by atoms with Crippen molar-refractivity contribution < 1.29 is 68.6 Å². The first-order valence-corrected chi connectivity index (χ1v) is 15.5. The topological polar surface area (TPSA) is 211 Å². The fourth-order valence-corrected chi connectivity index (χ4v) is 6.13. The third kappa shape index (κ3) is 18.3. The van der Waals surface area contributed by atoms with Crippen molar-refractivity contribution in [3.05, 3.63) is 0 Å². The highest BCUT2D eigenvalue weighted by Crippen LogP contribution is 2.27. The van der Waals surface area contributed by atoms with E-state index in [1.807, 2.05) is 0 Å². The van der Waals surface area contributed by atoms with Crippen LogP contribution in [0.1, 0.15) is 13.8 Å². The van der Waals surface area contributed by atoms with Gasteiger partial charge in [-0.2, -0.15) is 0 Å². The summed E-state index contributed by atoms with van der Waals surface area (Å²) in [5.74, 6) is 1.75. The Balaban J connectivity index is 0.000000263. The Morgan fingerprint density at radius 3 is 1.66 bits per heavy atom. The number of rotatable bonds is 4. The van der Waals surface area contributed by atoms with Crippen molar-refractivity contribution in [3.63, 3.8) is 0 Å². The monoisotopic (exact) mass is 628 g/mol. The van der Waals surface area contributed by atoms with Crippen LogP contribution in [0.3, 0.4) is 0 Å². The number of hydrogen-bond acceptors (Lipinski definition) is 18. The van der Waals surface area contributed by atoms with Gasteiger partial charge in [0.05, 0.1) is 12.4 Å². The lowest BCUT2D eigenvalue weighted by Gasteiger charge is -2.22. The Labute approximate surface area is 237 Å². The Kier molecular flexibility index (Phi) is 19.7. The second kappa shape index (κ2) is 20.8. The molecule has 0 saturated carbocycles. The molecule has 8 unspecified atom stereocenters. The quantitative estimate of drug-likeness (QED) is 0.199. The van der Waals surface area contributed by atoms with E-state index in [1.165, 1.54) is 60.9 Å². The van der Waals surface area contributed by atoms with E-state index in [0.29, 0.717) is 23.0 Å². The van der Waals surface area contributed by atoms with Gasteiger partial charge in [0, 0.05) is 31.1 Å². The van der Waals surface area contributed by atoms with E-state index in [-0.39, 0.29) is 60.1 Å². The molecule has 4 rings (SSSR count). The van der Waals surface area contributed by atoms with Gasteiger partial charge in [0.15, 0.2) is 18.9 Å². The second-order valence-corrected chi connectivity index (χ2v) is 12.2. The first-order valence-electron chi connectivity index (χ1n) is 11.3. The molecule has 0 spiro atoms. The first-order chi connectivity index (χ1) is 18.0. The summed E-state index contributed by atoms with van der Waals surface area (Å²) in [5, 5.41) is 52.0. The zero-order valence-electron chi connectivity index (χ0n) is 20.9. The van der Waals surface area contributed by atoms with Crippen LogP contribution in [-0.4, -0.2) is 139 Å². The Morgan fingerprint density at radius 1 is 0.737 bits per heavy atom. The van der Waals surface area contributed by atoms with Crippen molar-refractivity contribution in [2.45, 2.75) is 60.8 Å². The molecular formula is C20H36O14S4. The molecule has 224 valence electrons. The van der Waals surface area contributed by atoms with Crippen molar-refractivity contribution in [2.75, 3.05) is 49.4 Å². The Bertz CT molecular complexity index is 609. The first kappa shape index (κ1) is 36.0. The molecule has 0 aromatic heterocycles. The minimum Gasteiger partial charge on any atom is -0.462 e. The zero-order valence-corrected chi connectivity index (χ0v) is 24.1. The molecule has 0 bridgehead atoms. The van der Waals surface area contributed by atoms with Crippen molar-refractivity contribution in [1.82, 2.24) is 0 Å². The molecule has 14 nitrogen and oxygen atoms in total. The zero-order chi connectivity index (χ0) is 28.5. The highest BCUT2D eigenvalue weighted by Gasteiger charge is 2.28. The predicted molar refractivity (Wildman–Crippen MR) is 141 cm³/mol. The lowest BCUT2D eigenvalue weighted by molar-refractivity contribution is -0.263. The predicted octanol–water partition coefficient (Wildman–Crippen LogP) is -1.31. The number of carbonyl (C=O) groups is 2. The normalized spacial score (nSPS) is 34.3. The largest absolute Gasteiger partial charge is 0.462 e. The van der Waals surface area contributed by atoms with Crippen molar-refractivity contribution in [2.24, 2.45) is 0 Å². The van der Waals surface area contributed by atoms with Crippen molar-refractivity contribution in [1.29, 1.82) is 0 Å². The number of esters is 2. The summed E-state index contributed by atoms with van der Waals surface area (Å²) in [6.07, 6.45) is -2.91. The fourth-order valence-electron chi connectivity index (χ4n) is 2.46. The second-order valence-electron chi connectivity index (χ2n) is 7.43. The Hall–Kier alpha value is -0.0600. The molecule has 4 saturated heterocycles. The summed E-state index contributed by atoms with van der Waals surface area (Å²) in [7, 11) is 0. The number of ether oxygens (including phenoxy) is 6. The van der Waals surface area contributed by atoms with E-state index in [9.17, 15) is 9.59 Å². The van der Waals surface area contributed by atoms with Gasteiger partial charge in [-0.25, -0.2) is 0 Å². The number of carbonyl (C=O) groups excluding carboxylic acids is 2. The lowest BCUT2D eigenvalue weighted by atomic mass is 10.5. The van der Waals surface area contributed by atoms with Gasteiger partial charge in [-0.05, 0) is 0 Å². The summed E-state index contributed by atoms with van der Waals surface area (Å²) in [6, 6.07) is 0. The average Bonchev–Trinajstić information content (AvgIpc) is 3.50. The standard InChI is InChI=1S/C8H12O5S.C4H8O4.C4H8O3S.C4H8O2S2/c1-5(9)11-3-8-13-7(4-14-8)12-6(2)10;5-3-1-7-4(6)2-8-3;5-1-4-7-3(6)2-8-4;5-3-1-7-4(6)2-8-3/h7-8H,3-4H2,1-2H3;3*3-6H,1-2H2. The molecule has 8 atom stereocenters. The van der Waals surface area contributed by atoms with E-state index in [1.54, 1.807) is 0 Å². The SMILES string of the molecule is CC(=O)OCC1OC(OC(C)=O)CS1.OC1COC(O)CO1.OC1CSC(O)CS1.OCC1OC(O)CS1. The van der Waals surface area contributed by atoms with Crippen LogP contribution in [0.15, 0.2) is 0 Å². The third-order valence-corrected chi connectivity index (χ3v) is 8.78. The third-order valence-electron chi connectivity index (χ3n) is 4.05. The summed E-state index contributed by atoms with van der Waals surface area (Å²) in [4.78, 5) is 21.1. The highest BCUT2D eigenvalue weighted by molar-refractivity contribution is 8.06. The maximum Gasteiger partial charge on any atom is 0.304 e. The summed E-state index contributed by atoms with van der Waals surface area (Å²) >= 11 is 5.71. The molecular weight excluding hydrogens is 592 g/mol. The number of thioether (sulfide) groups is 4. The van der Waals surface area contributed by atoms with E-state index in [2.05, 4.69) is 9.47 Å². The van der Waals surface area contributed by atoms with E-state index >= 15 is 0 Å². The molecule has 0 radical (unpaired) electrons. The van der Waals surface area contributed by atoms with Gasteiger partial charge >= 0.3 is 11.9 Å². The fraction of sp³-hybridized carbons (Fsp3) is 0.900. The van der Waals surface area contributed by atoms with Gasteiger partial charge in [-0.1, -0.05) is 0 Å². The van der Waals surface area contributed by atoms with Crippen LogP contribution in [0.25, 0.3) is 0 Å². The van der Waals surface area contributed by atoms with E-state index in [0.717, 1.165) is 0 Å². The van der Waals surface area contributed by atoms with Gasteiger partial charge in [-0.3, -0.25) is 9.59 Å². The molecule has 0 aromatic carbocycles. The molecule has 6 N–H and O–H groups in total. The van der Waals surface area contributed by atoms with Crippen LogP contribution in [0.5, 0.6) is 0 Å². The lowest BCUT2D eigenvalue weighted by Crippen LogP contribution is -2.34.